The predicted octanol–water partition coefficient (Wildman–Crippen LogP) is 3.34. The van der Waals surface area contributed by atoms with Crippen LogP contribution in [0.25, 0.3) is 5.57 Å². The third kappa shape index (κ3) is 4.76. The topological polar surface area (TPSA) is 118 Å². The van der Waals surface area contributed by atoms with Gasteiger partial charge in [0.25, 0.3) is 0 Å². The van der Waals surface area contributed by atoms with Gasteiger partial charge in [0.05, 0.1) is 18.5 Å². The van der Waals surface area contributed by atoms with E-state index in [0.717, 1.165) is 11.3 Å². The van der Waals surface area contributed by atoms with Gasteiger partial charge in [0.1, 0.15) is 17.4 Å². The molecular weight excluding hydrogens is 410 g/mol. The van der Waals surface area contributed by atoms with E-state index in [1.165, 1.54) is 7.11 Å². The highest BCUT2D eigenvalue weighted by molar-refractivity contribution is 5.81. The maximum Gasteiger partial charge on any atom is 0.343 e. The summed E-state index contributed by atoms with van der Waals surface area (Å²) in [5.74, 6) is 1.48. The summed E-state index contributed by atoms with van der Waals surface area (Å²) in [5, 5.41) is 15.9. The summed E-state index contributed by atoms with van der Waals surface area (Å²) in [6.45, 7) is 0.314. The summed E-state index contributed by atoms with van der Waals surface area (Å²) >= 11 is 0. The molecule has 1 aromatic heterocycles. The number of aromatic nitrogens is 2. The van der Waals surface area contributed by atoms with Crippen molar-refractivity contribution in [2.45, 2.75) is 6.54 Å². The molecule has 2 aromatic carbocycles. The Labute approximate surface area is 184 Å². The first-order valence-corrected chi connectivity index (χ1v) is 9.70. The summed E-state index contributed by atoms with van der Waals surface area (Å²) in [5.41, 5.74) is 2.46. The van der Waals surface area contributed by atoms with Crippen LogP contribution < -0.4 is 20.1 Å². The predicted molar refractivity (Wildman–Crippen MR) is 117 cm³/mol. The van der Waals surface area contributed by atoms with Gasteiger partial charge in [0, 0.05) is 12.7 Å². The summed E-state index contributed by atoms with van der Waals surface area (Å²) in [4.78, 5) is 19.8. The van der Waals surface area contributed by atoms with E-state index < -0.39 is 5.97 Å². The number of allylic oxidation sites excluding steroid dienone is 1. The van der Waals surface area contributed by atoms with Crippen molar-refractivity contribution in [1.29, 1.82) is 5.26 Å². The number of benzene rings is 2. The average molecular weight is 429 g/mol. The van der Waals surface area contributed by atoms with Crippen molar-refractivity contribution in [2.24, 2.45) is 0 Å². The van der Waals surface area contributed by atoms with E-state index in [0.29, 0.717) is 35.6 Å². The van der Waals surface area contributed by atoms with E-state index in [1.54, 1.807) is 24.4 Å². The smallest absolute Gasteiger partial charge is 0.343 e. The van der Waals surface area contributed by atoms with Crippen molar-refractivity contribution in [3.8, 4) is 17.6 Å². The lowest BCUT2D eigenvalue weighted by Crippen LogP contribution is -2.12. The van der Waals surface area contributed by atoms with Gasteiger partial charge in [-0.1, -0.05) is 24.3 Å². The fourth-order valence-electron chi connectivity index (χ4n) is 2.92. The van der Waals surface area contributed by atoms with Crippen molar-refractivity contribution in [1.82, 2.24) is 9.97 Å². The third-order valence-electron chi connectivity index (χ3n) is 4.56. The number of nitriles is 1. The fraction of sp³-hybridized carbons (Fsp3) is 0.130. The van der Waals surface area contributed by atoms with E-state index in [-0.39, 0.29) is 12.2 Å². The average Bonchev–Trinajstić information content (AvgIpc) is 3.26. The fourth-order valence-corrected chi connectivity index (χ4v) is 2.92. The number of nitrogens with one attached hydrogen (secondary N) is 2. The zero-order valence-electron chi connectivity index (χ0n) is 17.2. The number of nitrogens with zero attached hydrogens (tertiary/aromatic N) is 3. The van der Waals surface area contributed by atoms with Gasteiger partial charge in [-0.15, -0.1) is 0 Å². The molecule has 0 atom stereocenters. The molecule has 160 valence electrons. The van der Waals surface area contributed by atoms with Crippen LogP contribution in [-0.4, -0.2) is 29.7 Å². The Morgan fingerprint density at radius 1 is 1.19 bits per heavy atom. The van der Waals surface area contributed by atoms with Crippen molar-refractivity contribution in [2.75, 3.05) is 24.4 Å². The van der Waals surface area contributed by atoms with Crippen molar-refractivity contribution in [3.05, 3.63) is 77.9 Å². The summed E-state index contributed by atoms with van der Waals surface area (Å²) in [7, 11) is 1.31. The summed E-state index contributed by atoms with van der Waals surface area (Å²) < 4.78 is 15.6. The van der Waals surface area contributed by atoms with E-state index in [2.05, 4.69) is 31.4 Å². The van der Waals surface area contributed by atoms with Gasteiger partial charge >= 0.3 is 5.97 Å². The summed E-state index contributed by atoms with van der Waals surface area (Å²) in [6, 6.07) is 18.5. The highest BCUT2D eigenvalue weighted by Gasteiger charge is 2.22. The Balaban J connectivity index is 1.42. The lowest BCUT2D eigenvalue weighted by molar-refractivity contribution is -0.142. The van der Waals surface area contributed by atoms with Gasteiger partial charge < -0.3 is 24.8 Å². The molecule has 32 heavy (non-hydrogen) atoms. The largest absolute Gasteiger partial charge is 0.482 e. The third-order valence-corrected chi connectivity index (χ3v) is 4.56. The lowest BCUT2D eigenvalue weighted by atomic mass is 10.2. The van der Waals surface area contributed by atoms with Gasteiger partial charge in [-0.3, -0.25) is 0 Å². The second-order valence-electron chi connectivity index (χ2n) is 6.67. The molecule has 0 aliphatic carbocycles. The maximum atomic E-state index is 11.1. The van der Waals surface area contributed by atoms with Crippen molar-refractivity contribution < 1.29 is 19.0 Å². The van der Waals surface area contributed by atoms with Crippen LogP contribution in [0.15, 0.2) is 66.7 Å². The number of ether oxygens (including phenoxy) is 3. The van der Waals surface area contributed by atoms with Gasteiger partial charge in [-0.25, -0.2) is 14.8 Å². The Morgan fingerprint density at radius 3 is 2.75 bits per heavy atom. The SMILES string of the molecule is COC(=O)COc1ccc(CNc2nccc(C(C#N)=C3Nc4ccccc4O3)n2)cc1. The van der Waals surface area contributed by atoms with Crippen LogP contribution in [0.4, 0.5) is 11.6 Å². The Bertz CT molecular complexity index is 1170. The zero-order valence-corrected chi connectivity index (χ0v) is 17.2. The molecule has 1 aliphatic heterocycles. The molecule has 0 bridgehead atoms. The van der Waals surface area contributed by atoms with E-state index in [9.17, 15) is 10.1 Å². The maximum absolute atomic E-state index is 11.1. The van der Waals surface area contributed by atoms with Crippen LogP contribution in [0.3, 0.4) is 0 Å². The van der Waals surface area contributed by atoms with Gasteiger partial charge in [0.2, 0.25) is 11.8 Å². The van der Waals surface area contributed by atoms with Gasteiger partial charge in [-0.05, 0) is 35.9 Å². The normalized spacial score (nSPS) is 13.1. The van der Waals surface area contributed by atoms with Crippen molar-refractivity contribution >= 4 is 23.2 Å². The molecular formula is C23H19N5O4. The quantitative estimate of drug-likeness (QED) is 0.430. The highest BCUT2D eigenvalue weighted by atomic mass is 16.6. The van der Waals surface area contributed by atoms with Crippen molar-refractivity contribution in [3.63, 3.8) is 0 Å². The van der Waals surface area contributed by atoms with Crippen LogP contribution in [0.2, 0.25) is 0 Å². The van der Waals surface area contributed by atoms with Crippen LogP contribution in [0.1, 0.15) is 11.3 Å². The van der Waals surface area contributed by atoms with E-state index in [1.807, 2.05) is 36.4 Å². The Hall–Kier alpha value is -4.58. The van der Waals surface area contributed by atoms with Crippen LogP contribution >= 0.6 is 0 Å². The molecule has 0 amide bonds. The number of methoxy groups -OCH3 is 1. The minimum atomic E-state index is -0.443. The molecule has 9 nitrogen and oxygen atoms in total. The number of hydrogen-bond donors (Lipinski definition) is 2. The minimum Gasteiger partial charge on any atom is -0.482 e. The molecule has 0 fully saturated rings. The van der Waals surface area contributed by atoms with E-state index >= 15 is 0 Å². The number of fused-ring (bicyclic) bond motifs is 1. The number of hydrogen-bond acceptors (Lipinski definition) is 9. The first kappa shape index (κ1) is 20.7. The number of carbonyl (C=O) groups excluding carboxylic acids is 1. The number of esters is 1. The molecule has 0 unspecified atom stereocenters. The monoisotopic (exact) mass is 429 g/mol. The molecule has 2 heterocycles. The Kier molecular flexibility index (Phi) is 6.13. The minimum absolute atomic E-state index is 0.144. The highest BCUT2D eigenvalue weighted by Crippen LogP contribution is 2.35. The Morgan fingerprint density at radius 2 is 2.00 bits per heavy atom. The number of rotatable bonds is 7. The number of carbonyl (C=O) groups is 1. The molecule has 9 heteroatoms. The van der Waals surface area contributed by atoms with Gasteiger partial charge in [-0.2, -0.15) is 5.26 Å². The zero-order chi connectivity index (χ0) is 22.3. The molecule has 0 spiro atoms. The summed E-state index contributed by atoms with van der Waals surface area (Å²) in [6.07, 6.45) is 1.58. The van der Waals surface area contributed by atoms with Crippen LogP contribution in [0.5, 0.6) is 11.5 Å². The number of para-hydroxylation sites is 2. The molecule has 2 N–H and O–H groups in total. The second-order valence-corrected chi connectivity index (χ2v) is 6.67. The second kappa shape index (κ2) is 9.49. The van der Waals surface area contributed by atoms with E-state index in [4.69, 9.17) is 9.47 Å². The first-order chi connectivity index (χ1) is 15.7. The molecule has 0 saturated heterocycles. The van der Waals surface area contributed by atoms with Crippen LogP contribution in [-0.2, 0) is 16.1 Å². The molecule has 4 rings (SSSR count). The number of anilines is 2. The molecule has 3 aromatic rings. The van der Waals surface area contributed by atoms with Gasteiger partial charge in [0.15, 0.2) is 12.4 Å². The molecule has 0 saturated carbocycles. The first-order valence-electron chi connectivity index (χ1n) is 9.70. The standard InChI is InChI=1S/C23H19N5O4/c1-30-21(29)14-31-16-8-6-15(7-9-16)13-26-23-25-11-10-18(28-23)17(12-24)22-27-19-4-2-3-5-20(19)32-22/h2-11,27H,13-14H2,1H3,(H,25,26,28). The molecule has 1 aliphatic rings. The molecule has 0 radical (unpaired) electrons. The lowest BCUT2D eigenvalue weighted by Gasteiger charge is -2.09. The van der Waals surface area contributed by atoms with Crippen LogP contribution in [0, 0.1) is 11.3 Å².